The molecule has 0 bridgehead atoms. The van der Waals surface area contributed by atoms with Gasteiger partial charge in [-0.15, -0.1) is 0 Å². The molecule has 0 radical (unpaired) electrons. The summed E-state index contributed by atoms with van der Waals surface area (Å²) in [4.78, 5) is 0. The van der Waals surface area contributed by atoms with Crippen molar-refractivity contribution in [2.24, 2.45) is 0 Å². The zero-order valence-electron chi connectivity index (χ0n) is 10.4. The van der Waals surface area contributed by atoms with Crippen LogP contribution in [0, 0.1) is 0 Å². The van der Waals surface area contributed by atoms with Crippen molar-refractivity contribution in [3.05, 3.63) is 29.3 Å². The third kappa shape index (κ3) is 2.23. The first-order valence-electron chi connectivity index (χ1n) is 6.62. The number of aliphatic hydroxyl groups is 1. The molecule has 1 heterocycles. The Balaban J connectivity index is 1.59. The smallest absolute Gasteiger partial charge is 0.119 e. The van der Waals surface area contributed by atoms with Crippen LogP contribution in [0.4, 0.5) is 0 Å². The zero-order chi connectivity index (χ0) is 12.6. The second-order valence-electron chi connectivity index (χ2n) is 5.55. The maximum absolute atomic E-state index is 10.2. The van der Waals surface area contributed by atoms with E-state index in [1.807, 2.05) is 6.07 Å². The summed E-state index contributed by atoms with van der Waals surface area (Å²) in [5.41, 5.74) is 1.69. The van der Waals surface area contributed by atoms with Crippen molar-refractivity contribution in [2.75, 3.05) is 19.6 Å². The quantitative estimate of drug-likeness (QED) is 0.616. The fourth-order valence-electron chi connectivity index (χ4n) is 2.99. The highest BCUT2D eigenvalue weighted by molar-refractivity contribution is 5.43. The number of nitrogens with one attached hydrogen (secondary N) is 2. The van der Waals surface area contributed by atoms with Crippen LogP contribution in [0.1, 0.15) is 17.5 Å². The first-order chi connectivity index (χ1) is 8.66. The van der Waals surface area contributed by atoms with Gasteiger partial charge in [-0.3, -0.25) is 0 Å². The van der Waals surface area contributed by atoms with Crippen molar-refractivity contribution in [1.82, 2.24) is 10.6 Å². The van der Waals surface area contributed by atoms with Crippen LogP contribution in [0.25, 0.3) is 0 Å². The van der Waals surface area contributed by atoms with Gasteiger partial charge in [0.15, 0.2) is 0 Å². The summed E-state index contributed by atoms with van der Waals surface area (Å²) >= 11 is 0. The van der Waals surface area contributed by atoms with E-state index >= 15 is 0 Å². The number of phenols is 1. The Morgan fingerprint density at radius 2 is 2.28 bits per heavy atom. The molecule has 0 spiro atoms. The minimum absolute atomic E-state index is 0.331. The summed E-state index contributed by atoms with van der Waals surface area (Å²) < 4.78 is 0. The van der Waals surface area contributed by atoms with E-state index in [0.29, 0.717) is 24.9 Å². The van der Waals surface area contributed by atoms with E-state index in [0.717, 1.165) is 31.4 Å². The SMILES string of the molecule is Oc1cccc2c1CC(NCC1(O)CCNC1)C2. The topological polar surface area (TPSA) is 64.5 Å². The fourth-order valence-corrected chi connectivity index (χ4v) is 2.99. The normalized spacial score (nSPS) is 30.6. The van der Waals surface area contributed by atoms with Crippen LogP contribution in [0.2, 0.25) is 0 Å². The summed E-state index contributed by atoms with van der Waals surface area (Å²) in [6.45, 7) is 2.19. The van der Waals surface area contributed by atoms with Gasteiger partial charge < -0.3 is 20.8 Å². The molecule has 1 aliphatic heterocycles. The first kappa shape index (κ1) is 12.0. The number of hydrogen-bond acceptors (Lipinski definition) is 4. The number of aromatic hydroxyl groups is 1. The molecular weight excluding hydrogens is 228 g/mol. The van der Waals surface area contributed by atoms with Gasteiger partial charge in [-0.1, -0.05) is 12.1 Å². The third-order valence-corrected chi connectivity index (χ3v) is 4.11. The highest BCUT2D eigenvalue weighted by Gasteiger charge is 2.32. The maximum Gasteiger partial charge on any atom is 0.119 e. The molecule has 3 rings (SSSR count). The van der Waals surface area contributed by atoms with Gasteiger partial charge in [0.2, 0.25) is 0 Å². The molecule has 2 unspecified atom stereocenters. The lowest BCUT2D eigenvalue weighted by molar-refractivity contribution is 0.0584. The lowest BCUT2D eigenvalue weighted by Crippen LogP contribution is -2.46. The van der Waals surface area contributed by atoms with Crippen LogP contribution in [0.5, 0.6) is 5.75 Å². The van der Waals surface area contributed by atoms with Crippen molar-refractivity contribution in [2.45, 2.75) is 30.9 Å². The molecule has 1 saturated heterocycles. The number of β-amino-alcohol motifs (C(OH)–C–C–N with tert-alkyl or cyclic N) is 1. The summed E-state index contributed by atoms with van der Waals surface area (Å²) in [7, 11) is 0. The highest BCUT2D eigenvalue weighted by atomic mass is 16.3. The van der Waals surface area contributed by atoms with Crippen LogP contribution in [-0.4, -0.2) is 41.5 Å². The number of fused-ring (bicyclic) bond motifs is 1. The Hall–Kier alpha value is -1.10. The highest BCUT2D eigenvalue weighted by Crippen LogP contribution is 2.29. The van der Waals surface area contributed by atoms with E-state index in [1.165, 1.54) is 5.56 Å². The van der Waals surface area contributed by atoms with Crippen molar-refractivity contribution in [1.29, 1.82) is 0 Å². The van der Waals surface area contributed by atoms with Gasteiger partial charge >= 0.3 is 0 Å². The van der Waals surface area contributed by atoms with Crippen molar-refractivity contribution in [3.8, 4) is 5.75 Å². The molecule has 0 saturated carbocycles. The lowest BCUT2D eigenvalue weighted by atomic mass is 10.0. The molecule has 2 atom stereocenters. The zero-order valence-corrected chi connectivity index (χ0v) is 10.4. The number of rotatable bonds is 3. The number of phenolic OH excluding ortho intramolecular Hbond substituents is 1. The molecule has 0 amide bonds. The molecule has 1 aromatic carbocycles. The van der Waals surface area contributed by atoms with Crippen LogP contribution >= 0.6 is 0 Å². The minimum atomic E-state index is -0.600. The Bertz CT molecular complexity index is 441. The van der Waals surface area contributed by atoms with E-state index < -0.39 is 5.60 Å². The summed E-state index contributed by atoms with van der Waals surface area (Å²) in [5, 5.41) is 26.7. The number of hydrogen-bond donors (Lipinski definition) is 4. The van der Waals surface area contributed by atoms with Crippen molar-refractivity contribution in [3.63, 3.8) is 0 Å². The van der Waals surface area contributed by atoms with Gasteiger partial charge in [-0.25, -0.2) is 0 Å². The first-order valence-corrected chi connectivity index (χ1v) is 6.62. The van der Waals surface area contributed by atoms with Gasteiger partial charge in [0.25, 0.3) is 0 Å². The molecule has 4 heteroatoms. The summed E-state index contributed by atoms with van der Waals surface area (Å²) in [6.07, 6.45) is 2.60. The Morgan fingerprint density at radius 3 is 3.00 bits per heavy atom. The van der Waals surface area contributed by atoms with Crippen LogP contribution in [-0.2, 0) is 12.8 Å². The van der Waals surface area contributed by atoms with Crippen LogP contribution in [0.15, 0.2) is 18.2 Å². The average Bonchev–Trinajstić information content (AvgIpc) is 2.94. The van der Waals surface area contributed by atoms with E-state index in [-0.39, 0.29) is 0 Å². The molecule has 1 aliphatic carbocycles. The Labute approximate surface area is 107 Å². The molecule has 0 aromatic heterocycles. The predicted octanol–water partition coefficient (Wildman–Crippen LogP) is 0.173. The molecule has 4 nitrogen and oxygen atoms in total. The van der Waals surface area contributed by atoms with E-state index in [9.17, 15) is 10.2 Å². The third-order valence-electron chi connectivity index (χ3n) is 4.11. The van der Waals surface area contributed by atoms with Gasteiger partial charge in [0, 0.05) is 19.1 Å². The van der Waals surface area contributed by atoms with Gasteiger partial charge in [-0.2, -0.15) is 0 Å². The summed E-state index contributed by atoms with van der Waals surface area (Å²) in [5.74, 6) is 0.401. The van der Waals surface area contributed by atoms with E-state index in [2.05, 4.69) is 16.7 Å². The van der Waals surface area contributed by atoms with E-state index in [4.69, 9.17) is 0 Å². The van der Waals surface area contributed by atoms with Gasteiger partial charge in [0.05, 0.1) is 5.60 Å². The van der Waals surface area contributed by atoms with Crippen LogP contribution in [0.3, 0.4) is 0 Å². The molecule has 4 N–H and O–H groups in total. The predicted molar refractivity (Wildman–Crippen MR) is 69.7 cm³/mol. The van der Waals surface area contributed by atoms with Gasteiger partial charge in [0.1, 0.15) is 5.75 Å². The number of benzene rings is 1. The molecule has 2 aliphatic rings. The molecule has 18 heavy (non-hydrogen) atoms. The molecule has 1 aromatic rings. The molecule has 98 valence electrons. The monoisotopic (exact) mass is 248 g/mol. The van der Waals surface area contributed by atoms with Crippen molar-refractivity contribution >= 4 is 0 Å². The standard InChI is InChI=1S/C14H20N2O2/c17-13-3-1-2-10-6-11(7-12(10)13)16-9-14(18)4-5-15-8-14/h1-3,11,15-18H,4-9H2. The van der Waals surface area contributed by atoms with Gasteiger partial charge in [-0.05, 0) is 43.0 Å². The van der Waals surface area contributed by atoms with Crippen molar-refractivity contribution < 1.29 is 10.2 Å². The van der Waals surface area contributed by atoms with Crippen LogP contribution < -0.4 is 10.6 Å². The fraction of sp³-hybridized carbons (Fsp3) is 0.571. The minimum Gasteiger partial charge on any atom is -0.508 e. The maximum atomic E-state index is 10.2. The second-order valence-corrected chi connectivity index (χ2v) is 5.55. The largest absolute Gasteiger partial charge is 0.508 e. The Kier molecular flexibility index (Phi) is 3.01. The lowest BCUT2D eigenvalue weighted by Gasteiger charge is -2.24. The average molecular weight is 248 g/mol. The Morgan fingerprint density at radius 1 is 1.39 bits per heavy atom. The van der Waals surface area contributed by atoms with E-state index in [1.54, 1.807) is 6.07 Å². The summed E-state index contributed by atoms with van der Waals surface area (Å²) in [6, 6.07) is 6.04. The molecule has 1 fully saturated rings. The second kappa shape index (κ2) is 4.53. The molecular formula is C14H20N2O2.